The van der Waals surface area contributed by atoms with Gasteiger partial charge in [-0.2, -0.15) is 0 Å². The summed E-state index contributed by atoms with van der Waals surface area (Å²) in [4.78, 5) is 22.9. The highest BCUT2D eigenvalue weighted by Gasteiger charge is 2.38. The van der Waals surface area contributed by atoms with E-state index in [1.807, 2.05) is 0 Å². The molecule has 3 heterocycles. The maximum atomic E-state index is 13.3. The Labute approximate surface area is 170 Å². The van der Waals surface area contributed by atoms with Crippen molar-refractivity contribution in [1.82, 2.24) is 19.6 Å². The monoisotopic (exact) mass is 384 g/mol. The van der Waals surface area contributed by atoms with E-state index in [4.69, 9.17) is 0 Å². The largest absolute Gasteiger partial charge is 0.339 e. The molecule has 4 rings (SSSR count). The number of piperazine rings is 1. The molecule has 0 aromatic heterocycles. The third-order valence-corrected chi connectivity index (χ3v) is 6.91. The summed E-state index contributed by atoms with van der Waals surface area (Å²) in [5.74, 6) is 0.395. The Morgan fingerprint density at radius 3 is 2.46 bits per heavy atom. The Morgan fingerprint density at radius 2 is 1.75 bits per heavy atom. The van der Waals surface area contributed by atoms with Gasteiger partial charge in [0.2, 0.25) is 5.91 Å². The van der Waals surface area contributed by atoms with Crippen LogP contribution in [0.25, 0.3) is 0 Å². The highest BCUT2D eigenvalue weighted by Crippen LogP contribution is 2.27. The number of piperidine rings is 1. The number of hydrogen-bond acceptors (Lipinski definition) is 4. The number of rotatable bonds is 4. The molecule has 3 aliphatic rings. The molecule has 3 aliphatic heterocycles. The van der Waals surface area contributed by atoms with Crippen molar-refractivity contribution in [1.29, 1.82) is 0 Å². The standard InChI is InChI=1S/C23H36N4O/c1-19-5-3-6-20(17-19)18-25-13-15-26(16-14-25)23(28)22-7-4-10-27(22)21-8-11-24(2)12-9-21/h3,5-6,17,21-22H,4,7-16,18H2,1-2H3/t22-/m1/s1. The summed E-state index contributed by atoms with van der Waals surface area (Å²) in [6.07, 6.45) is 4.65. The van der Waals surface area contributed by atoms with Gasteiger partial charge in [0.05, 0.1) is 6.04 Å². The van der Waals surface area contributed by atoms with Crippen molar-refractivity contribution in [2.24, 2.45) is 0 Å². The van der Waals surface area contributed by atoms with Gasteiger partial charge in [0.1, 0.15) is 0 Å². The van der Waals surface area contributed by atoms with Gasteiger partial charge in [-0.15, -0.1) is 0 Å². The molecule has 154 valence electrons. The molecular formula is C23H36N4O. The third-order valence-electron chi connectivity index (χ3n) is 6.91. The first kappa shape index (κ1) is 19.9. The van der Waals surface area contributed by atoms with E-state index in [1.54, 1.807) is 0 Å². The van der Waals surface area contributed by atoms with Crippen LogP contribution in [-0.4, -0.2) is 90.5 Å². The van der Waals surface area contributed by atoms with E-state index in [9.17, 15) is 4.79 Å². The molecule has 28 heavy (non-hydrogen) atoms. The minimum atomic E-state index is 0.136. The second-order valence-electron chi connectivity index (χ2n) is 9.02. The average Bonchev–Trinajstić information content (AvgIpc) is 3.18. The summed E-state index contributed by atoms with van der Waals surface area (Å²) in [5, 5.41) is 0. The highest BCUT2D eigenvalue weighted by molar-refractivity contribution is 5.82. The molecule has 0 spiro atoms. The summed E-state index contributed by atoms with van der Waals surface area (Å²) in [5.41, 5.74) is 2.70. The molecule has 3 fully saturated rings. The first-order valence-corrected chi connectivity index (χ1v) is 11.1. The van der Waals surface area contributed by atoms with Crippen LogP contribution in [0.2, 0.25) is 0 Å². The number of likely N-dealkylation sites (tertiary alicyclic amines) is 2. The molecule has 1 aromatic carbocycles. The van der Waals surface area contributed by atoms with Gasteiger partial charge in [-0.1, -0.05) is 29.8 Å². The quantitative estimate of drug-likeness (QED) is 0.796. The Kier molecular flexibility index (Phi) is 6.34. The van der Waals surface area contributed by atoms with Crippen molar-refractivity contribution in [3.8, 4) is 0 Å². The van der Waals surface area contributed by atoms with Crippen LogP contribution in [0.3, 0.4) is 0 Å². The van der Waals surface area contributed by atoms with Crippen molar-refractivity contribution in [2.75, 3.05) is 52.9 Å². The lowest BCUT2D eigenvalue weighted by atomic mass is 10.0. The van der Waals surface area contributed by atoms with E-state index in [0.717, 1.165) is 45.7 Å². The van der Waals surface area contributed by atoms with E-state index < -0.39 is 0 Å². The van der Waals surface area contributed by atoms with Crippen LogP contribution < -0.4 is 0 Å². The molecule has 3 saturated heterocycles. The normalized spacial score (nSPS) is 26.1. The van der Waals surface area contributed by atoms with E-state index in [0.29, 0.717) is 11.9 Å². The van der Waals surface area contributed by atoms with Gasteiger partial charge in [0.15, 0.2) is 0 Å². The lowest BCUT2D eigenvalue weighted by Gasteiger charge is -2.41. The fraction of sp³-hybridized carbons (Fsp3) is 0.696. The van der Waals surface area contributed by atoms with Gasteiger partial charge >= 0.3 is 0 Å². The summed E-state index contributed by atoms with van der Waals surface area (Å²) < 4.78 is 0. The second-order valence-corrected chi connectivity index (χ2v) is 9.02. The average molecular weight is 385 g/mol. The first-order valence-electron chi connectivity index (χ1n) is 11.1. The molecular weight excluding hydrogens is 348 g/mol. The fourth-order valence-corrected chi connectivity index (χ4v) is 5.22. The number of benzene rings is 1. The maximum Gasteiger partial charge on any atom is 0.240 e. The number of carbonyl (C=O) groups excluding carboxylic acids is 1. The maximum absolute atomic E-state index is 13.3. The van der Waals surface area contributed by atoms with Crippen molar-refractivity contribution in [2.45, 2.75) is 51.2 Å². The van der Waals surface area contributed by atoms with Gasteiger partial charge in [0, 0.05) is 38.8 Å². The Bertz CT molecular complexity index is 662. The molecule has 5 nitrogen and oxygen atoms in total. The van der Waals surface area contributed by atoms with Crippen LogP contribution in [0.5, 0.6) is 0 Å². The molecule has 0 bridgehead atoms. The van der Waals surface area contributed by atoms with Crippen LogP contribution in [0, 0.1) is 6.92 Å². The summed E-state index contributed by atoms with van der Waals surface area (Å²) in [6.45, 7) is 10.3. The van der Waals surface area contributed by atoms with Crippen LogP contribution in [0.1, 0.15) is 36.8 Å². The fourth-order valence-electron chi connectivity index (χ4n) is 5.22. The van der Waals surface area contributed by atoms with Gasteiger partial charge in [-0.25, -0.2) is 0 Å². The van der Waals surface area contributed by atoms with Crippen molar-refractivity contribution < 1.29 is 4.79 Å². The number of aryl methyl sites for hydroxylation is 1. The van der Waals surface area contributed by atoms with Crippen LogP contribution >= 0.6 is 0 Å². The van der Waals surface area contributed by atoms with E-state index in [2.05, 4.69) is 57.8 Å². The van der Waals surface area contributed by atoms with Crippen LogP contribution in [0.15, 0.2) is 24.3 Å². The third kappa shape index (κ3) is 4.58. The predicted molar refractivity (Wildman–Crippen MR) is 113 cm³/mol. The molecule has 1 atom stereocenters. The minimum Gasteiger partial charge on any atom is -0.339 e. The molecule has 0 radical (unpaired) electrons. The smallest absolute Gasteiger partial charge is 0.240 e. The Balaban J connectivity index is 1.29. The first-order chi connectivity index (χ1) is 13.6. The summed E-state index contributed by atoms with van der Waals surface area (Å²) in [7, 11) is 2.21. The molecule has 0 unspecified atom stereocenters. The van der Waals surface area contributed by atoms with E-state index >= 15 is 0 Å². The van der Waals surface area contributed by atoms with Crippen molar-refractivity contribution in [3.05, 3.63) is 35.4 Å². The van der Waals surface area contributed by atoms with Crippen molar-refractivity contribution in [3.63, 3.8) is 0 Å². The second kappa shape index (κ2) is 8.93. The van der Waals surface area contributed by atoms with E-state index in [-0.39, 0.29) is 6.04 Å². The predicted octanol–water partition coefficient (Wildman–Crippen LogP) is 2.20. The number of hydrogen-bond donors (Lipinski definition) is 0. The van der Waals surface area contributed by atoms with Gasteiger partial charge in [0.25, 0.3) is 0 Å². The van der Waals surface area contributed by atoms with Crippen LogP contribution in [0.4, 0.5) is 0 Å². The number of amides is 1. The molecule has 1 aromatic rings. The van der Waals surface area contributed by atoms with Gasteiger partial charge in [-0.3, -0.25) is 14.6 Å². The zero-order valence-electron chi connectivity index (χ0n) is 17.6. The lowest BCUT2D eigenvalue weighted by molar-refractivity contribution is -0.139. The Hall–Kier alpha value is -1.43. The number of nitrogens with zero attached hydrogens (tertiary/aromatic N) is 4. The van der Waals surface area contributed by atoms with Crippen molar-refractivity contribution >= 4 is 5.91 Å². The van der Waals surface area contributed by atoms with Crippen LogP contribution in [-0.2, 0) is 11.3 Å². The summed E-state index contributed by atoms with van der Waals surface area (Å²) in [6, 6.07) is 9.52. The Morgan fingerprint density at radius 1 is 1.00 bits per heavy atom. The molecule has 0 aliphatic carbocycles. The number of carbonyl (C=O) groups is 1. The molecule has 0 N–H and O–H groups in total. The molecule has 1 amide bonds. The van der Waals surface area contributed by atoms with Gasteiger partial charge < -0.3 is 9.80 Å². The summed E-state index contributed by atoms with van der Waals surface area (Å²) >= 11 is 0. The van der Waals surface area contributed by atoms with Gasteiger partial charge in [-0.05, 0) is 64.9 Å². The zero-order valence-corrected chi connectivity index (χ0v) is 17.6. The lowest BCUT2D eigenvalue weighted by Crippen LogP contribution is -2.55. The highest BCUT2D eigenvalue weighted by atomic mass is 16.2. The molecule has 0 saturated carbocycles. The minimum absolute atomic E-state index is 0.136. The zero-order chi connectivity index (χ0) is 19.5. The molecule has 5 heteroatoms. The topological polar surface area (TPSA) is 30.0 Å². The SMILES string of the molecule is Cc1cccc(CN2CCN(C(=O)[C@H]3CCCN3C3CCN(C)CC3)CC2)c1. The van der Waals surface area contributed by atoms with E-state index in [1.165, 1.54) is 43.5 Å².